The van der Waals surface area contributed by atoms with E-state index in [4.69, 9.17) is 14.7 Å². The molecule has 2 aromatic carbocycles. The van der Waals surface area contributed by atoms with Gasteiger partial charge in [0, 0.05) is 6.54 Å². The Morgan fingerprint density at radius 3 is 2.60 bits per heavy atom. The third kappa shape index (κ3) is 5.15. The zero-order chi connectivity index (χ0) is 18.1. The van der Waals surface area contributed by atoms with Crippen LogP contribution in [-0.2, 0) is 11.2 Å². The van der Waals surface area contributed by atoms with Gasteiger partial charge >= 0.3 is 0 Å². The number of benzene rings is 2. The summed E-state index contributed by atoms with van der Waals surface area (Å²) in [6.45, 7) is 0.626. The van der Waals surface area contributed by atoms with Gasteiger partial charge in [-0.1, -0.05) is 18.2 Å². The second kappa shape index (κ2) is 9.18. The first-order chi connectivity index (χ1) is 12.2. The second-order valence-corrected chi connectivity index (χ2v) is 5.30. The monoisotopic (exact) mass is 339 g/mol. The summed E-state index contributed by atoms with van der Waals surface area (Å²) in [4.78, 5) is 11.9. The second-order valence-electron chi connectivity index (χ2n) is 5.30. The molecule has 0 aliphatic rings. The van der Waals surface area contributed by atoms with E-state index < -0.39 is 0 Å². The maximum Gasteiger partial charge on any atom is 0.239 e. The molecule has 2 N–H and O–H groups in total. The minimum Gasteiger partial charge on any atom is -0.493 e. The number of hydrogen-bond acceptors (Lipinski definition) is 5. The number of carbonyl (C=O) groups is 1. The molecule has 0 saturated heterocycles. The summed E-state index contributed by atoms with van der Waals surface area (Å²) in [6.07, 6.45) is 0.681. The van der Waals surface area contributed by atoms with Gasteiger partial charge in [0.1, 0.15) is 6.07 Å². The van der Waals surface area contributed by atoms with Gasteiger partial charge in [-0.25, -0.2) is 0 Å². The van der Waals surface area contributed by atoms with Crippen molar-refractivity contribution in [2.45, 2.75) is 6.42 Å². The highest BCUT2D eigenvalue weighted by Crippen LogP contribution is 2.27. The van der Waals surface area contributed by atoms with E-state index in [9.17, 15) is 4.79 Å². The van der Waals surface area contributed by atoms with Crippen LogP contribution in [0.2, 0.25) is 0 Å². The molecule has 0 heterocycles. The Bertz CT molecular complexity index is 769. The van der Waals surface area contributed by atoms with Crippen LogP contribution >= 0.6 is 0 Å². The van der Waals surface area contributed by atoms with Gasteiger partial charge in [-0.2, -0.15) is 5.26 Å². The number of ether oxygens (including phenoxy) is 2. The first-order valence-corrected chi connectivity index (χ1v) is 7.88. The lowest BCUT2D eigenvalue weighted by atomic mass is 10.1. The molecule has 0 spiro atoms. The highest BCUT2D eigenvalue weighted by Gasteiger charge is 2.06. The fourth-order valence-electron chi connectivity index (χ4n) is 2.36. The van der Waals surface area contributed by atoms with Crippen LogP contribution in [0.25, 0.3) is 0 Å². The quantitative estimate of drug-likeness (QED) is 0.771. The van der Waals surface area contributed by atoms with Gasteiger partial charge in [-0.05, 0) is 36.2 Å². The van der Waals surface area contributed by atoms with E-state index >= 15 is 0 Å². The summed E-state index contributed by atoms with van der Waals surface area (Å²) in [5, 5.41) is 14.8. The summed E-state index contributed by atoms with van der Waals surface area (Å²) in [5.74, 6) is 1.21. The Hall–Kier alpha value is -3.20. The Kier molecular flexibility index (Phi) is 6.66. The zero-order valence-electron chi connectivity index (χ0n) is 14.3. The average molecular weight is 339 g/mol. The smallest absolute Gasteiger partial charge is 0.239 e. The van der Waals surface area contributed by atoms with Crippen molar-refractivity contribution >= 4 is 11.6 Å². The third-order valence-electron chi connectivity index (χ3n) is 3.67. The van der Waals surface area contributed by atoms with Crippen LogP contribution in [0.1, 0.15) is 11.1 Å². The van der Waals surface area contributed by atoms with Crippen molar-refractivity contribution in [3.05, 3.63) is 53.6 Å². The number of anilines is 1. The molecule has 0 aromatic heterocycles. The molecule has 2 aromatic rings. The predicted molar refractivity (Wildman–Crippen MR) is 95.9 cm³/mol. The van der Waals surface area contributed by atoms with Crippen molar-refractivity contribution in [3.8, 4) is 17.6 Å². The van der Waals surface area contributed by atoms with Crippen molar-refractivity contribution < 1.29 is 14.3 Å². The Balaban J connectivity index is 1.80. The van der Waals surface area contributed by atoms with Crippen molar-refractivity contribution in [2.24, 2.45) is 0 Å². The van der Waals surface area contributed by atoms with Crippen LogP contribution in [-0.4, -0.2) is 33.2 Å². The summed E-state index contributed by atoms with van der Waals surface area (Å²) < 4.78 is 10.5. The predicted octanol–water partition coefficient (Wildman–Crippen LogP) is 2.35. The van der Waals surface area contributed by atoms with Crippen molar-refractivity contribution in [1.29, 1.82) is 5.26 Å². The normalized spacial score (nSPS) is 9.80. The summed E-state index contributed by atoms with van der Waals surface area (Å²) in [6, 6.07) is 14.8. The number of para-hydroxylation sites is 1. The summed E-state index contributed by atoms with van der Waals surface area (Å²) in [7, 11) is 3.18. The van der Waals surface area contributed by atoms with E-state index in [1.807, 2.05) is 24.3 Å². The number of nitriles is 1. The van der Waals surface area contributed by atoms with E-state index in [2.05, 4.69) is 16.7 Å². The molecule has 0 aliphatic carbocycles. The highest BCUT2D eigenvalue weighted by molar-refractivity contribution is 5.81. The molecule has 2 rings (SSSR count). The molecule has 1 amide bonds. The number of nitrogens with zero attached hydrogens (tertiary/aromatic N) is 1. The first-order valence-electron chi connectivity index (χ1n) is 7.88. The number of rotatable bonds is 8. The lowest BCUT2D eigenvalue weighted by Crippen LogP contribution is -2.31. The first kappa shape index (κ1) is 18.1. The number of amides is 1. The van der Waals surface area contributed by atoms with Crippen LogP contribution in [0.15, 0.2) is 42.5 Å². The Morgan fingerprint density at radius 2 is 1.88 bits per heavy atom. The van der Waals surface area contributed by atoms with Gasteiger partial charge in [-0.15, -0.1) is 0 Å². The molecule has 0 aliphatic heterocycles. The minimum atomic E-state index is -0.131. The summed E-state index contributed by atoms with van der Waals surface area (Å²) in [5.41, 5.74) is 2.21. The Morgan fingerprint density at radius 1 is 1.12 bits per heavy atom. The zero-order valence-corrected chi connectivity index (χ0v) is 14.3. The molecule has 0 unspecified atom stereocenters. The van der Waals surface area contributed by atoms with Crippen molar-refractivity contribution in [1.82, 2.24) is 5.32 Å². The number of methoxy groups -OCH3 is 2. The average Bonchev–Trinajstić information content (AvgIpc) is 2.66. The number of carbonyl (C=O) groups excluding carboxylic acids is 1. The fourth-order valence-corrected chi connectivity index (χ4v) is 2.36. The maximum absolute atomic E-state index is 11.9. The van der Waals surface area contributed by atoms with Gasteiger partial charge in [0.15, 0.2) is 11.5 Å². The molecule has 6 nitrogen and oxygen atoms in total. The lowest BCUT2D eigenvalue weighted by molar-refractivity contribution is -0.119. The molecule has 0 atom stereocenters. The lowest BCUT2D eigenvalue weighted by Gasteiger charge is -2.11. The van der Waals surface area contributed by atoms with E-state index in [1.165, 1.54) is 0 Å². The minimum absolute atomic E-state index is 0.116. The van der Waals surface area contributed by atoms with Gasteiger partial charge < -0.3 is 20.1 Å². The van der Waals surface area contributed by atoms with Crippen LogP contribution in [0, 0.1) is 11.3 Å². The van der Waals surface area contributed by atoms with Gasteiger partial charge in [0.2, 0.25) is 5.91 Å². The van der Waals surface area contributed by atoms with Gasteiger partial charge in [-0.3, -0.25) is 4.79 Å². The molecule has 0 radical (unpaired) electrons. The third-order valence-corrected chi connectivity index (χ3v) is 3.67. The highest BCUT2D eigenvalue weighted by atomic mass is 16.5. The van der Waals surface area contributed by atoms with E-state index in [1.54, 1.807) is 32.4 Å². The molecule has 0 fully saturated rings. The number of hydrogen-bond donors (Lipinski definition) is 2. The van der Waals surface area contributed by atoms with E-state index in [-0.39, 0.29) is 12.5 Å². The number of nitrogens with one attached hydrogen (secondary N) is 2. The van der Waals surface area contributed by atoms with Crippen LogP contribution in [0.5, 0.6) is 11.5 Å². The summed E-state index contributed by atoms with van der Waals surface area (Å²) >= 11 is 0. The molecular formula is C19H21N3O3. The Labute approximate surface area is 147 Å². The van der Waals surface area contributed by atoms with Crippen molar-refractivity contribution in [2.75, 3.05) is 32.6 Å². The maximum atomic E-state index is 11.9. The molecule has 130 valence electrons. The largest absolute Gasteiger partial charge is 0.493 e. The fraction of sp³-hybridized carbons (Fsp3) is 0.263. The molecule has 6 heteroatoms. The van der Waals surface area contributed by atoms with Gasteiger partial charge in [0.25, 0.3) is 0 Å². The molecule has 0 saturated carbocycles. The molecular weight excluding hydrogens is 318 g/mol. The van der Waals surface area contributed by atoms with Gasteiger partial charge in [0.05, 0.1) is 32.0 Å². The van der Waals surface area contributed by atoms with E-state index in [0.717, 1.165) is 5.56 Å². The molecule has 25 heavy (non-hydrogen) atoms. The SMILES string of the molecule is COc1ccc(CCNC(=O)CNc2ccccc2C#N)cc1OC. The van der Waals surface area contributed by atoms with Crippen LogP contribution in [0.3, 0.4) is 0 Å². The van der Waals surface area contributed by atoms with Crippen molar-refractivity contribution in [3.63, 3.8) is 0 Å². The molecule has 0 bridgehead atoms. The van der Waals surface area contributed by atoms with Crippen LogP contribution < -0.4 is 20.1 Å². The topological polar surface area (TPSA) is 83.4 Å². The van der Waals surface area contributed by atoms with E-state index in [0.29, 0.717) is 35.7 Å². The van der Waals surface area contributed by atoms with Crippen LogP contribution in [0.4, 0.5) is 5.69 Å². The standard InChI is InChI=1S/C19H21N3O3/c1-24-17-8-7-14(11-18(17)25-2)9-10-21-19(23)13-22-16-6-4-3-5-15(16)12-20/h3-8,11,22H,9-10,13H2,1-2H3,(H,21,23).